The molecule has 1 atom stereocenters. The Morgan fingerprint density at radius 2 is 1.57 bits per heavy atom. The molecule has 0 bridgehead atoms. The minimum atomic E-state index is -0.104. The van der Waals surface area contributed by atoms with Crippen LogP contribution in [0.15, 0.2) is 54.6 Å². The van der Waals surface area contributed by atoms with Crippen LogP contribution in [0.25, 0.3) is 0 Å². The lowest BCUT2D eigenvalue weighted by molar-refractivity contribution is 0.0542. The first-order valence-corrected chi connectivity index (χ1v) is 11.2. The number of amides is 1. The predicted octanol–water partition coefficient (Wildman–Crippen LogP) is 3.60. The molecular weight excluding hydrogens is 374 g/mol. The van der Waals surface area contributed by atoms with Gasteiger partial charge in [0.15, 0.2) is 0 Å². The van der Waals surface area contributed by atoms with Crippen LogP contribution in [-0.4, -0.2) is 54.2 Å². The van der Waals surface area contributed by atoms with Crippen LogP contribution in [0.4, 0.5) is 5.69 Å². The molecule has 0 spiro atoms. The topological polar surface area (TPSA) is 55.8 Å². The number of carbonyl (C=O) groups excluding carboxylic acids is 1. The van der Waals surface area contributed by atoms with Crippen LogP contribution in [0.2, 0.25) is 0 Å². The van der Waals surface area contributed by atoms with E-state index in [-0.39, 0.29) is 18.1 Å². The van der Waals surface area contributed by atoms with Gasteiger partial charge in [-0.1, -0.05) is 30.3 Å². The van der Waals surface area contributed by atoms with Gasteiger partial charge >= 0.3 is 0 Å². The van der Waals surface area contributed by atoms with Crippen LogP contribution < -0.4 is 10.2 Å². The minimum Gasteiger partial charge on any atom is -0.393 e. The van der Waals surface area contributed by atoms with Gasteiger partial charge in [-0.05, 0) is 62.4 Å². The van der Waals surface area contributed by atoms with E-state index in [2.05, 4.69) is 27.2 Å². The molecular formula is C25H33N3O2. The maximum Gasteiger partial charge on any atom is 0.251 e. The largest absolute Gasteiger partial charge is 0.393 e. The van der Waals surface area contributed by atoms with Crippen molar-refractivity contribution in [3.8, 4) is 0 Å². The van der Waals surface area contributed by atoms with E-state index in [1.807, 2.05) is 49.4 Å². The first-order valence-electron chi connectivity index (χ1n) is 11.2. The van der Waals surface area contributed by atoms with Crippen molar-refractivity contribution in [1.29, 1.82) is 0 Å². The summed E-state index contributed by atoms with van der Waals surface area (Å²) in [6.45, 7) is 6.14. The van der Waals surface area contributed by atoms with Gasteiger partial charge in [0.2, 0.25) is 0 Å². The molecule has 4 rings (SSSR count). The number of aliphatic hydroxyl groups is 1. The number of benzene rings is 2. The monoisotopic (exact) mass is 407 g/mol. The lowest BCUT2D eigenvalue weighted by atomic mass is 9.98. The van der Waals surface area contributed by atoms with Crippen molar-refractivity contribution in [3.63, 3.8) is 0 Å². The third-order valence-corrected chi connectivity index (χ3v) is 6.62. The molecule has 1 amide bonds. The van der Waals surface area contributed by atoms with Gasteiger partial charge in [-0.2, -0.15) is 0 Å². The molecule has 2 aromatic rings. The molecule has 2 aliphatic rings. The average molecular weight is 408 g/mol. The molecule has 5 heteroatoms. The maximum atomic E-state index is 12.6. The Morgan fingerprint density at radius 3 is 2.20 bits per heavy atom. The van der Waals surface area contributed by atoms with Crippen molar-refractivity contribution in [3.05, 3.63) is 65.7 Å². The number of carbonyl (C=O) groups is 1. The van der Waals surface area contributed by atoms with E-state index in [9.17, 15) is 9.90 Å². The second-order valence-electron chi connectivity index (χ2n) is 8.64. The second-order valence-corrected chi connectivity index (χ2v) is 8.64. The maximum absolute atomic E-state index is 12.6. The highest BCUT2D eigenvalue weighted by molar-refractivity contribution is 5.94. The fourth-order valence-corrected chi connectivity index (χ4v) is 4.67. The highest BCUT2D eigenvalue weighted by Gasteiger charge is 2.27. The van der Waals surface area contributed by atoms with Gasteiger partial charge in [0.1, 0.15) is 0 Å². The van der Waals surface area contributed by atoms with E-state index in [4.69, 9.17) is 0 Å². The molecule has 0 aliphatic carbocycles. The fraction of sp³-hybridized carbons (Fsp3) is 0.480. The molecule has 2 N–H and O–H groups in total. The van der Waals surface area contributed by atoms with E-state index in [0.717, 1.165) is 57.4 Å². The molecule has 2 fully saturated rings. The third-order valence-electron chi connectivity index (χ3n) is 6.62. The van der Waals surface area contributed by atoms with Crippen LogP contribution in [0.5, 0.6) is 0 Å². The van der Waals surface area contributed by atoms with Gasteiger partial charge in [0.05, 0.1) is 12.1 Å². The van der Waals surface area contributed by atoms with Crippen molar-refractivity contribution in [2.24, 2.45) is 0 Å². The first-order chi connectivity index (χ1) is 14.6. The Morgan fingerprint density at radius 1 is 0.933 bits per heavy atom. The van der Waals surface area contributed by atoms with E-state index < -0.39 is 0 Å². The molecule has 0 aromatic heterocycles. The summed E-state index contributed by atoms with van der Waals surface area (Å²) in [6.07, 6.45) is 4.03. The number of rotatable bonds is 5. The van der Waals surface area contributed by atoms with Crippen LogP contribution in [0, 0.1) is 0 Å². The third kappa shape index (κ3) is 5.02. The van der Waals surface area contributed by atoms with E-state index in [1.54, 1.807) is 0 Å². The van der Waals surface area contributed by atoms with Crippen molar-refractivity contribution in [2.75, 3.05) is 31.1 Å². The van der Waals surface area contributed by atoms with Crippen LogP contribution in [0.3, 0.4) is 0 Å². The molecule has 0 unspecified atom stereocenters. The smallest absolute Gasteiger partial charge is 0.251 e. The van der Waals surface area contributed by atoms with Crippen molar-refractivity contribution < 1.29 is 9.90 Å². The van der Waals surface area contributed by atoms with Crippen LogP contribution in [-0.2, 0) is 0 Å². The summed E-state index contributed by atoms with van der Waals surface area (Å²) in [6, 6.07) is 18.6. The van der Waals surface area contributed by atoms with E-state index >= 15 is 0 Å². The number of hydrogen-bond donors (Lipinski definition) is 2. The molecule has 2 aliphatic heterocycles. The summed E-state index contributed by atoms with van der Waals surface area (Å²) in [5, 5.41) is 12.8. The summed E-state index contributed by atoms with van der Waals surface area (Å²) in [4.78, 5) is 17.6. The van der Waals surface area contributed by atoms with Crippen molar-refractivity contribution >= 4 is 11.6 Å². The van der Waals surface area contributed by atoms with Crippen LogP contribution in [0.1, 0.15) is 54.6 Å². The summed E-state index contributed by atoms with van der Waals surface area (Å²) in [7, 11) is 0. The molecule has 160 valence electrons. The molecule has 2 heterocycles. The summed E-state index contributed by atoms with van der Waals surface area (Å²) in [5.41, 5.74) is 2.99. The number of aliphatic hydroxyl groups excluding tert-OH is 1. The number of nitrogens with one attached hydrogen (secondary N) is 1. The van der Waals surface area contributed by atoms with Crippen molar-refractivity contribution in [1.82, 2.24) is 10.2 Å². The van der Waals surface area contributed by atoms with E-state index in [0.29, 0.717) is 11.6 Å². The predicted molar refractivity (Wildman–Crippen MR) is 121 cm³/mol. The standard InChI is InChI=1S/C25H33N3O2/c1-19(20-5-3-2-4-6-20)26-25(30)21-7-9-22(10-8-21)27-15-11-23(12-16-27)28-17-13-24(29)14-18-28/h2-10,19,23-24,29H,11-18H2,1H3,(H,26,30)/t19-/m0/s1. The van der Waals surface area contributed by atoms with E-state index in [1.165, 1.54) is 5.69 Å². The quantitative estimate of drug-likeness (QED) is 0.795. The Labute approximate surface area is 179 Å². The van der Waals surface area contributed by atoms with Gasteiger partial charge in [-0.15, -0.1) is 0 Å². The SMILES string of the molecule is C[C@H](NC(=O)c1ccc(N2CCC(N3CCC(O)CC3)CC2)cc1)c1ccccc1. The van der Waals surface area contributed by atoms with Crippen LogP contribution >= 0.6 is 0 Å². The summed E-state index contributed by atoms with van der Waals surface area (Å²) in [5.74, 6) is -0.0381. The van der Waals surface area contributed by atoms with Crippen molar-refractivity contribution in [2.45, 2.75) is 50.8 Å². The normalized spacial score (nSPS) is 20.1. The second kappa shape index (κ2) is 9.63. The van der Waals surface area contributed by atoms with Gasteiger partial charge in [0.25, 0.3) is 5.91 Å². The van der Waals surface area contributed by atoms with Gasteiger partial charge in [-0.25, -0.2) is 0 Å². The summed E-state index contributed by atoms with van der Waals surface area (Å²) >= 11 is 0. The average Bonchev–Trinajstić information content (AvgIpc) is 2.80. The van der Waals surface area contributed by atoms with Gasteiger partial charge in [0, 0.05) is 43.5 Å². The highest BCUT2D eigenvalue weighted by atomic mass is 16.3. The lowest BCUT2D eigenvalue weighted by Gasteiger charge is -2.41. The Kier molecular flexibility index (Phi) is 6.70. The highest BCUT2D eigenvalue weighted by Crippen LogP contribution is 2.25. The molecule has 2 saturated heterocycles. The molecule has 5 nitrogen and oxygen atoms in total. The molecule has 2 aromatic carbocycles. The molecule has 0 saturated carbocycles. The number of anilines is 1. The Hall–Kier alpha value is -2.37. The number of hydrogen-bond acceptors (Lipinski definition) is 4. The minimum absolute atomic E-state index is 0.0201. The number of piperidine rings is 2. The molecule has 30 heavy (non-hydrogen) atoms. The zero-order chi connectivity index (χ0) is 20.9. The molecule has 0 radical (unpaired) electrons. The Balaban J connectivity index is 1.29. The lowest BCUT2D eigenvalue weighted by Crippen LogP contribution is -2.48. The zero-order valence-corrected chi connectivity index (χ0v) is 17.8. The number of likely N-dealkylation sites (tertiary alicyclic amines) is 1. The fourth-order valence-electron chi connectivity index (χ4n) is 4.67. The Bertz CT molecular complexity index is 808. The zero-order valence-electron chi connectivity index (χ0n) is 17.8. The van der Waals surface area contributed by atoms with Gasteiger partial charge < -0.3 is 20.2 Å². The summed E-state index contributed by atoms with van der Waals surface area (Å²) < 4.78 is 0. The first kappa shape index (κ1) is 20.9. The van der Waals surface area contributed by atoms with Gasteiger partial charge in [-0.3, -0.25) is 4.79 Å². The number of nitrogens with zero attached hydrogens (tertiary/aromatic N) is 2.